The first-order chi connectivity index (χ1) is 6.38. The Bertz CT molecular complexity index is 239. The lowest BCUT2D eigenvalue weighted by molar-refractivity contribution is 0.445. The molecule has 1 atom stereocenters. The molecule has 0 aromatic carbocycles. The Morgan fingerprint density at radius 3 is 3.00 bits per heavy atom. The van der Waals surface area contributed by atoms with Gasteiger partial charge in [-0.2, -0.15) is 0 Å². The number of hydrogen-bond acceptors (Lipinski definition) is 2. The topological polar surface area (TPSA) is 24.1 Å². The summed E-state index contributed by atoms with van der Waals surface area (Å²) in [6.45, 7) is 2.75. The molecular formula is C10H15FN2. The molecule has 2 nitrogen and oxygen atoms in total. The van der Waals surface area contributed by atoms with E-state index in [1.807, 2.05) is 6.08 Å². The molecule has 0 spiro atoms. The molecule has 2 N–H and O–H groups in total. The van der Waals surface area contributed by atoms with Crippen molar-refractivity contribution in [3.63, 3.8) is 0 Å². The molecule has 3 heteroatoms. The summed E-state index contributed by atoms with van der Waals surface area (Å²) in [5.74, 6) is 0.0590. The summed E-state index contributed by atoms with van der Waals surface area (Å²) in [4.78, 5) is 0. The van der Waals surface area contributed by atoms with Crippen LogP contribution in [-0.2, 0) is 0 Å². The third-order valence-electron chi connectivity index (χ3n) is 2.56. The second kappa shape index (κ2) is 4.03. The number of halogens is 1. The van der Waals surface area contributed by atoms with Crippen LogP contribution in [0.25, 0.3) is 0 Å². The van der Waals surface area contributed by atoms with E-state index in [9.17, 15) is 4.39 Å². The van der Waals surface area contributed by atoms with E-state index in [4.69, 9.17) is 0 Å². The predicted molar refractivity (Wildman–Crippen MR) is 51.2 cm³/mol. The largest absolute Gasteiger partial charge is 0.314 e. The second-order valence-electron chi connectivity index (χ2n) is 3.51. The van der Waals surface area contributed by atoms with Crippen molar-refractivity contribution < 1.29 is 4.39 Å². The van der Waals surface area contributed by atoms with Crippen molar-refractivity contribution in [2.45, 2.75) is 18.9 Å². The van der Waals surface area contributed by atoms with Gasteiger partial charge >= 0.3 is 0 Å². The molecule has 1 saturated heterocycles. The average Bonchev–Trinajstić information content (AvgIpc) is 2.20. The molecule has 1 aliphatic carbocycles. The van der Waals surface area contributed by atoms with Crippen LogP contribution in [0, 0.1) is 0 Å². The highest BCUT2D eigenvalue weighted by molar-refractivity contribution is 5.31. The van der Waals surface area contributed by atoms with Crippen molar-refractivity contribution in [1.29, 1.82) is 0 Å². The second-order valence-corrected chi connectivity index (χ2v) is 3.51. The smallest absolute Gasteiger partial charge is 0.105 e. The van der Waals surface area contributed by atoms with Crippen molar-refractivity contribution in [2.24, 2.45) is 0 Å². The third-order valence-corrected chi connectivity index (χ3v) is 2.56. The van der Waals surface area contributed by atoms with Crippen molar-refractivity contribution in [1.82, 2.24) is 10.6 Å². The van der Waals surface area contributed by atoms with Gasteiger partial charge in [0.25, 0.3) is 0 Å². The van der Waals surface area contributed by atoms with Gasteiger partial charge in [0, 0.05) is 37.7 Å². The van der Waals surface area contributed by atoms with E-state index in [-0.39, 0.29) is 11.9 Å². The molecule has 1 aliphatic heterocycles. The molecule has 1 fully saturated rings. The highest BCUT2D eigenvalue weighted by atomic mass is 19.1. The molecule has 0 radical (unpaired) electrons. The highest BCUT2D eigenvalue weighted by Gasteiger charge is 2.19. The summed E-state index contributed by atoms with van der Waals surface area (Å²) < 4.78 is 13.4. The van der Waals surface area contributed by atoms with E-state index in [2.05, 4.69) is 16.7 Å². The Hall–Kier alpha value is -0.670. The SMILES string of the molecule is FC1=C(C2CNCCN2)C=CCC1. The Balaban J connectivity index is 2.09. The fourth-order valence-electron chi connectivity index (χ4n) is 1.83. The van der Waals surface area contributed by atoms with Crippen LogP contribution in [0.5, 0.6) is 0 Å². The summed E-state index contributed by atoms with van der Waals surface area (Å²) in [6.07, 6.45) is 5.39. The normalized spacial score (nSPS) is 29.5. The molecule has 13 heavy (non-hydrogen) atoms. The first-order valence-electron chi connectivity index (χ1n) is 4.87. The van der Waals surface area contributed by atoms with Gasteiger partial charge in [0.2, 0.25) is 0 Å². The molecule has 0 amide bonds. The first-order valence-corrected chi connectivity index (χ1v) is 4.87. The van der Waals surface area contributed by atoms with Crippen LogP contribution in [0.1, 0.15) is 12.8 Å². The summed E-state index contributed by atoms with van der Waals surface area (Å²) in [5, 5.41) is 6.56. The van der Waals surface area contributed by atoms with Crippen LogP contribution in [-0.4, -0.2) is 25.7 Å². The highest BCUT2D eigenvalue weighted by Crippen LogP contribution is 2.22. The van der Waals surface area contributed by atoms with E-state index in [0.717, 1.165) is 31.6 Å². The van der Waals surface area contributed by atoms with Gasteiger partial charge < -0.3 is 10.6 Å². The van der Waals surface area contributed by atoms with Gasteiger partial charge in [0.15, 0.2) is 0 Å². The van der Waals surface area contributed by atoms with Crippen molar-refractivity contribution in [2.75, 3.05) is 19.6 Å². The van der Waals surface area contributed by atoms with Crippen LogP contribution in [0.4, 0.5) is 4.39 Å². The van der Waals surface area contributed by atoms with Gasteiger partial charge in [-0.05, 0) is 6.42 Å². The predicted octanol–water partition coefficient (Wildman–Crippen LogP) is 1.12. The average molecular weight is 182 g/mol. The Morgan fingerprint density at radius 2 is 2.31 bits per heavy atom. The Labute approximate surface area is 77.9 Å². The number of hydrogen-bond donors (Lipinski definition) is 2. The van der Waals surface area contributed by atoms with Crippen molar-refractivity contribution in [3.8, 4) is 0 Å². The first kappa shape index (κ1) is 8.91. The standard InChI is InChI=1S/C10H15FN2/c11-9-4-2-1-3-8(9)10-7-12-5-6-13-10/h1,3,10,12-13H,2,4-7H2. The molecule has 0 aromatic rings. The maximum absolute atomic E-state index is 13.4. The van der Waals surface area contributed by atoms with Crippen molar-refractivity contribution in [3.05, 3.63) is 23.6 Å². The number of allylic oxidation sites excluding steroid dienone is 2. The number of piperazine rings is 1. The quantitative estimate of drug-likeness (QED) is 0.635. The minimum atomic E-state index is 0.0590. The molecule has 72 valence electrons. The monoisotopic (exact) mass is 182 g/mol. The lowest BCUT2D eigenvalue weighted by atomic mass is 9.98. The maximum atomic E-state index is 13.4. The zero-order chi connectivity index (χ0) is 9.10. The summed E-state index contributed by atoms with van der Waals surface area (Å²) in [7, 11) is 0. The number of nitrogens with one attached hydrogen (secondary N) is 2. The van der Waals surface area contributed by atoms with Crippen LogP contribution < -0.4 is 10.6 Å². The van der Waals surface area contributed by atoms with Crippen LogP contribution in [0.2, 0.25) is 0 Å². The third kappa shape index (κ3) is 1.98. The van der Waals surface area contributed by atoms with Gasteiger partial charge in [-0.3, -0.25) is 0 Å². The molecule has 1 heterocycles. The summed E-state index contributed by atoms with van der Waals surface area (Å²) >= 11 is 0. The lowest BCUT2D eigenvalue weighted by Gasteiger charge is -2.27. The Morgan fingerprint density at radius 1 is 1.38 bits per heavy atom. The molecule has 0 saturated carbocycles. The van der Waals surface area contributed by atoms with Gasteiger partial charge in [-0.15, -0.1) is 0 Å². The van der Waals surface area contributed by atoms with Gasteiger partial charge in [0.05, 0.1) is 0 Å². The molecule has 0 bridgehead atoms. The minimum Gasteiger partial charge on any atom is -0.314 e. The Kier molecular flexibility index (Phi) is 2.76. The maximum Gasteiger partial charge on any atom is 0.105 e. The van der Waals surface area contributed by atoms with Gasteiger partial charge in [-0.25, -0.2) is 4.39 Å². The fourth-order valence-corrected chi connectivity index (χ4v) is 1.83. The van der Waals surface area contributed by atoms with Gasteiger partial charge in [0.1, 0.15) is 5.83 Å². The van der Waals surface area contributed by atoms with Crippen LogP contribution in [0.3, 0.4) is 0 Å². The molecule has 0 aromatic heterocycles. The molecular weight excluding hydrogens is 167 g/mol. The molecule has 2 rings (SSSR count). The molecule has 2 aliphatic rings. The summed E-state index contributed by atoms with van der Waals surface area (Å²) in [5.41, 5.74) is 0.846. The van der Waals surface area contributed by atoms with Gasteiger partial charge in [-0.1, -0.05) is 12.2 Å². The lowest BCUT2D eigenvalue weighted by Crippen LogP contribution is -2.49. The van der Waals surface area contributed by atoms with Crippen LogP contribution >= 0.6 is 0 Å². The van der Waals surface area contributed by atoms with E-state index in [1.54, 1.807) is 0 Å². The zero-order valence-electron chi connectivity index (χ0n) is 7.65. The summed E-state index contributed by atoms with van der Waals surface area (Å²) in [6, 6.07) is 0.172. The van der Waals surface area contributed by atoms with E-state index >= 15 is 0 Å². The minimum absolute atomic E-state index is 0.0590. The van der Waals surface area contributed by atoms with E-state index in [0.29, 0.717) is 6.42 Å². The van der Waals surface area contributed by atoms with Crippen LogP contribution in [0.15, 0.2) is 23.6 Å². The van der Waals surface area contributed by atoms with E-state index in [1.165, 1.54) is 0 Å². The zero-order valence-corrected chi connectivity index (χ0v) is 7.65. The van der Waals surface area contributed by atoms with E-state index < -0.39 is 0 Å². The number of rotatable bonds is 1. The fraction of sp³-hybridized carbons (Fsp3) is 0.600. The van der Waals surface area contributed by atoms with Crippen molar-refractivity contribution >= 4 is 0 Å². The molecule has 1 unspecified atom stereocenters.